The first-order valence-electron chi connectivity index (χ1n) is 19.0. The standard InChI is InChI=1S/C39H54O18/c40-18-25-28(44)30(46)32(48)38(53-25)57-36-29(45)26(19-41)54-39(34(36)50)56-35-27(20-42)55-37(33(49)31(35)47)52-17-7-2-1-6-16-51-23-13-11-22(12-14-23)24(43)15-10-21-8-4-3-5-9-21/h3-5,8-15,25-42,44-50H,1-2,6-7,16-20H2/b15-10+/t25-,26-,27-,28+,29+,30+,31-,32-,33-,34-,35-,36+,37-,38-,39+/m1/s1. The zero-order valence-corrected chi connectivity index (χ0v) is 31.1. The maximum atomic E-state index is 12.5. The van der Waals surface area contributed by atoms with E-state index in [9.17, 15) is 55.9 Å². The van der Waals surface area contributed by atoms with Crippen LogP contribution in [0.4, 0.5) is 0 Å². The minimum atomic E-state index is -1.91. The van der Waals surface area contributed by atoms with Crippen LogP contribution in [-0.4, -0.2) is 182 Å². The number of aliphatic hydroxyl groups excluding tert-OH is 10. The molecule has 0 bridgehead atoms. The lowest BCUT2D eigenvalue weighted by atomic mass is 9.96. The SMILES string of the molecule is O=C(/C=C/c1ccccc1)c1ccc(OCCCCCCO[C@@H]2O[C@H](CO)[C@@H](O[C@@H]3O[C@H](CO)[C@H](O)[C@H](O[C@H]4O[C@H](CO)[C@H](O)[C@H](O)[C@H]4O)[C@H]3O)[C@H](O)[C@H]2O)cc1. The zero-order chi connectivity index (χ0) is 41.1. The number of rotatable bonds is 19. The van der Waals surface area contributed by atoms with Gasteiger partial charge in [-0.1, -0.05) is 42.8 Å². The zero-order valence-electron chi connectivity index (χ0n) is 31.1. The molecule has 5 rings (SSSR count). The van der Waals surface area contributed by atoms with Crippen LogP contribution < -0.4 is 4.74 Å². The molecule has 3 heterocycles. The van der Waals surface area contributed by atoms with Crippen molar-refractivity contribution in [1.82, 2.24) is 0 Å². The smallest absolute Gasteiger partial charge is 0.187 e. The van der Waals surface area contributed by atoms with E-state index in [1.807, 2.05) is 30.3 Å². The summed E-state index contributed by atoms with van der Waals surface area (Å²) in [5.41, 5.74) is 1.48. The van der Waals surface area contributed by atoms with Gasteiger partial charge >= 0.3 is 0 Å². The molecule has 18 heteroatoms. The fraction of sp³-hybridized carbons (Fsp3) is 0.615. The van der Waals surface area contributed by atoms with Crippen LogP contribution in [0.2, 0.25) is 0 Å². The average Bonchev–Trinajstić information content (AvgIpc) is 3.23. The summed E-state index contributed by atoms with van der Waals surface area (Å²) in [6.45, 7) is -1.71. The van der Waals surface area contributed by atoms with Gasteiger partial charge in [-0.25, -0.2) is 0 Å². The van der Waals surface area contributed by atoms with Gasteiger partial charge in [-0.2, -0.15) is 0 Å². The molecule has 0 saturated carbocycles. The Morgan fingerprint density at radius 2 is 1.12 bits per heavy atom. The Morgan fingerprint density at radius 1 is 0.561 bits per heavy atom. The molecule has 2 aromatic rings. The highest BCUT2D eigenvalue weighted by Gasteiger charge is 2.53. The predicted molar refractivity (Wildman–Crippen MR) is 195 cm³/mol. The van der Waals surface area contributed by atoms with Crippen LogP contribution in [0.15, 0.2) is 60.7 Å². The number of hydrogen-bond acceptors (Lipinski definition) is 18. The molecule has 3 aliphatic rings. The Bertz CT molecular complexity index is 1510. The van der Waals surface area contributed by atoms with Gasteiger partial charge in [0.15, 0.2) is 24.7 Å². The van der Waals surface area contributed by atoms with Crippen molar-refractivity contribution in [3.05, 3.63) is 71.8 Å². The van der Waals surface area contributed by atoms with Gasteiger partial charge < -0.3 is 84.2 Å². The molecule has 3 fully saturated rings. The average molecular weight is 811 g/mol. The highest BCUT2D eigenvalue weighted by atomic mass is 16.8. The summed E-state index contributed by atoms with van der Waals surface area (Å²) in [6, 6.07) is 16.5. The molecule has 0 amide bonds. The Balaban J connectivity index is 1.03. The van der Waals surface area contributed by atoms with E-state index in [0.717, 1.165) is 24.8 Å². The number of carbonyl (C=O) groups excluding carboxylic acids is 1. The second-order valence-electron chi connectivity index (χ2n) is 14.1. The first kappa shape index (κ1) is 45.1. The summed E-state index contributed by atoms with van der Waals surface area (Å²) in [4.78, 5) is 12.5. The molecule has 3 saturated heterocycles. The van der Waals surface area contributed by atoms with Crippen LogP contribution in [0.3, 0.4) is 0 Å². The Kier molecular flexibility index (Phi) is 17.3. The van der Waals surface area contributed by atoms with Crippen LogP contribution in [-0.2, 0) is 28.4 Å². The van der Waals surface area contributed by atoms with E-state index >= 15 is 0 Å². The van der Waals surface area contributed by atoms with Gasteiger partial charge in [-0.3, -0.25) is 4.79 Å². The number of benzene rings is 2. The Morgan fingerprint density at radius 3 is 1.77 bits per heavy atom. The van der Waals surface area contributed by atoms with E-state index in [0.29, 0.717) is 24.3 Å². The summed E-state index contributed by atoms with van der Waals surface area (Å²) in [7, 11) is 0. The van der Waals surface area contributed by atoms with Crippen LogP contribution in [0.5, 0.6) is 5.75 Å². The fourth-order valence-electron chi connectivity index (χ4n) is 6.67. The van der Waals surface area contributed by atoms with Gasteiger partial charge in [-0.05, 0) is 55.2 Å². The summed E-state index contributed by atoms with van der Waals surface area (Å²) in [5, 5.41) is 104. The third-order valence-corrected chi connectivity index (χ3v) is 10.0. The molecule has 15 atom stereocenters. The third-order valence-electron chi connectivity index (χ3n) is 10.0. The van der Waals surface area contributed by atoms with E-state index in [-0.39, 0.29) is 12.4 Å². The van der Waals surface area contributed by atoms with Crippen molar-refractivity contribution in [2.45, 2.75) is 118 Å². The quantitative estimate of drug-likeness (QED) is 0.0417. The van der Waals surface area contributed by atoms with Crippen molar-refractivity contribution in [1.29, 1.82) is 0 Å². The normalized spacial score (nSPS) is 36.0. The van der Waals surface area contributed by atoms with Gasteiger partial charge in [0, 0.05) is 12.2 Å². The third kappa shape index (κ3) is 11.6. The van der Waals surface area contributed by atoms with E-state index in [1.54, 1.807) is 30.3 Å². The van der Waals surface area contributed by atoms with Crippen molar-refractivity contribution in [2.75, 3.05) is 33.0 Å². The number of allylic oxidation sites excluding steroid dienone is 1. The molecule has 0 aliphatic carbocycles. The summed E-state index contributed by atoms with van der Waals surface area (Å²) >= 11 is 0. The van der Waals surface area contributed by atoms with Crippen molar-refractivity contribution in [3.63, 3.8) is 0 Å². The van der Waals surface area contributed by atoms with Crippen LogP contribution in [0, 0.1) is 0 Å². The molecule has 0 radical (unpaired) electrons. The van der Waals surface area contributed by atoms with Crippen LogP contribution in [0.25, 0.3) is 6.08 Å². The molecule has 18 nitrogen and oxygen atoms in total. The number of ether oxygens (including phenoxy) is 7. The van der Waals surface area contributed by atoms with Crippen LogP contribution >= 0.6 is 0 Å². The molecule has 0 spiro atoms. The molecule has 2 aromatic carbocycles. The molecular weight excluding hydrogens is 756 g/mol. The maximum Gasteiger partial charge on any atom is 0.187 e. The summed E-state index contributed by atoms with van der Waals surface area (Å²) < 4.78 is 39.3. The number of carbonyl (C=O) groups is 1. The summed E-state index contributed by atoms with van der Waals surface area (Å²) in [5.74, 6) is 0.528. The molecule has 57 heavy (non-hydrogen) atoms. The Labute approximate surface area is 329 Å². The second kappa shape index (κ2) is 21.9. The first-order valence-corrected chi connectivity index (χ1v) is 19.0. The van der Waals surface area contributed by atoms with Gasteiger partial charge in [0.25, 0.3) is 0 Å². The number of unbranched alkanes of at least 4 members (excludes halogenated alkanes) is 3. The van der Waals surface area contributed by atoms with E-state index in [2.05, 4.69) is 0 Å². The molecular formula is C39H54O18. The highest BCUT2D eigenvalue weighted by molar-refractivity contribution is 6.06. The number of hydrogen-bond donors (Lipinski definition) is 10. The van der Waals surface area contributed by atoms with E-state index in [4.69, 9.17) is 33.2 Å². The highest BCUT2D eigenvalue weighted by Crippen LogP contribution is 2.33. The minimum Gasteiger partial charge on any atom is -0.494 e. The van der Waals surface area contributed by atoms with Gasteiger partial charge in [0.05, 0.1) is 26.4 Å². The lowest BCUT2D eigenvalue weighted by Gasteiger charge is -2.48. The van der Waals surface area contributed by atoms with Gasteiger partial charge in [0.1, 0.15) is 79.0 Å². The minimum absolute atomic E-state index is 0.112. The summed E-state index contributed by atoms with van der Waals surface area (Å²) in [6.07, 6.45) is -18.6. The molecule has 0 aromatic heterocycles. The monoisotopic (exact) mass is 810 g/mol. The van der Waals surface area contributed by atoms with Gasteiger partial charge in [0.2, 0.25) is 0 Å². The van der Waals surface area contributed by atoms with Crippen molar-refractivity contribution >= 4 is 11.9 Å². The molecule has 10 N–H and O–H groups in total. The topological polar surface area (TPSA) is 284 Å². The Hall–Kier alpha value is -2.99. The maximum absolute atomic E-state index is 12.5. The van der Waals surface area contributed by atoms with Crippen molar-refractivity contribution < 1.29 is 89.0 Å². The largest absolute Gasteiger partial charge is 0.494 e. The lowest BCUT2D eigenvalue weighted by molar-refractivity contribution is -0.380. The van der Waals surface area contributed by atoms with Crippen molar-refractivity contribution in [3.8, 4) is 5.75 Å². The van der Waals surface area contributed by atoms with Crippen molar-refractivity contribution in [2.24, 2.45) is 0 Å². The number of aliphatic hydroxyl groups is 10. The van der Waals surface area contributed by atoms with E-state index in [1.165, 1.54) is 6.08 Å². The molecule has 0 unspecified atom stereocenters. The number of ketones is 1. The molecule has 318 valence electrons. The predicted octanol–water partition coefficient (Wildman–Crippen LogP) is -2.01. The second-order valence-corrected chi connectivity index (χ2v) is 14.1. The van der Waals surface area contributed by atoms with E-state index < -0.39 is 112 Å². The lowest BCUT2D eigenvalue weighted by Crippen LogP contribution is -2.66. The fourth-order valence-corrected chi connectivity index (χ4v) is 6.67. The van der Waals surface area contributed by atoms with Gasteiger partial charge in [-0.15, -0.1) is 0 Å². The molecule has 3 aliphatic heterocycles. The van der Waals surface area contributed by atoms with Crippen LogP contribution in [0.1, 0.15) is 41.6 Å². The first-order chi connectivity index (χ1) is 27.5.